The summed E-state index contributed by atoms with van der Waals surface area (Å²) >= 11 is 6.12. The van der Waals surface area contributed by atoms with Crippen molar-refractivity contribution >= 4 is 39.1 Å². The fourth-order valence-corrected chi connectivity index (χ4v) is 5.23. The van der Waals surface area contributed by atoms with Crippen molar-refractivity contribution < 1.29 is 22.7 Å². The zero-order valence-electron chi connectivity index (χ0n) is 22.3. The number of amides is 2. The van der Waals surface area contributed by atoms with Gasteiger partial charge < -0.3 is 15.0 Å². The predicted molar refractivity (Wildman–Crippen MR) is 149 cm³/mol. The molecule has 10 heteroatoms. The molecule has 0 radical (unpaired) electrons. The van der Waals surface area contributed by atoms with Crippen LogP contribution >= 0.6 is 11.6 Å². The largest absolute Gasteiger partial charge is 0.497 e. The van der Waals surface area contributed by atoms with E-state index < -0.39 is 16.1 Å². The van der Waals surface area contributed by atoms with Gasteiger partial charge in [0.2, 0.25) is 21.8 Å². The van der Waals surface area contributed by atoms with E-state index in [-0.39, 0.29) is 37.7 Å². The van der Waals surface area contributed by atoms with Gasteiger partial charge >= 0.3 is 0 Å². The molecule has 2 amide bonds. The van der Waals surface area contributed by atoms with E-state index in [4.69, 9.17) is 16.3 Å². The molecule has 2 rings (SSSR count). The van der Waals surface area contributed by atoms with Crippen LogP contribution in [0, 0.1) is 6.92 Å². The highest BCUT2D eigenvalue weighted by Gasteiger charge is 2.29. The number of hydrogen-bond donors (Lipinski definition) is 1. The van der Waals surface area contributed by atoms with Gasteiger partial charge in [0.15, 0.2) is 0 Å². The van der Waals surface area contributed by atoms with Gasteiger partial charge in [0, 0.05) is 31.1 Å². The third-order valence-corrected chi connectivity index (χ3v) is 7.45. The lowest BCUT2D eigenvalue weighted by atomic mass is 10.1. The maximum Gasteiger partial charge on any atom is 0.242 e. The van der Waals surface area contributed by atoms with Crippen LogP contribution in [0.5, 0.6) is 5.75 Å². The summed E-state index contributed by atoms with van der Waals surface area (Å²) in [6.45, 7) is 6.55. The van der Waals surface area contributed by atoms with Crippen molar-refractivity contribution in [3.8, 4) is 5.75 Å². The molecule has 0 aliphatic heterocycles. The van der Waals surface area contributed by atoms with E-state index in [0.29, 0.717) is 29.4 Å². The first kappa shape index (κ1) is 30.4. The van der Waals surface area contributed by atoms with Gasteiger partial charge in [-0.2, -0.15) is 0 Å². The molecule has 2 aromatic rings. The molecule has 0 fully saturated rings. The van der Waals surface area contributed by atoms with E-state index in [2.05, 4.69) is 5.32 Å². The van der Waals surface area contributed by atoms with Gasteiger partial charge in [-0.25, -0.2) is 8.42 Å². The van der Waals surface area contributed by atoms with Crippen molar-refractivity contribution in [1.82, 2.24) is 10.2 Å². The number of halogens is 1. The average Bonchev–Trinajstić information content (AvgIpc) is 2.86. The van der Waals surface area contributed by atoms with Crippen molar-refractivity contribution in [1.29, 1.82) is 0 Å². The smallest absolute Gasteiger partial charge is 0.242 e. The number of carbonyl (C=O) groups excluding carboxylic acids is 2. The second-order valence-electron chi connectivity index (χ2n) is 8.95. The minimum atomic E-state index is -3.60. The van der Waals surface area contributed by atoms with Crippen LogP contribution in [0.25, 0.3) is 0 Å². The molecule has 0 spiro atoms. The number of hydrogen-bond acceptors (Lipinski definition) is 5. The molecule has 37 heavy (non-hydrogen) atoms. The zero-order chi connectivity index (χ0) is 27.6. The van der Waals surface area contributed by atoms with Crippen LogP contribution in [0.2, 0.25) is 5.02 Å². The molecule has 0 unspecified atom stereocenters. The lowest BCUT2D eigenvalue weighted by molar-refractivity contribution is -0.141. The number of carbonyl (C=O) groups is 2. The summed E-state index contributed by atoms with van der Waals surface area (Å²) in [5.74, 6) is 0.288. The Morgan fingerprint density at radius 2 is 1.78 bits per heavy atom. The number of rotatable bonds is 14. The molecule has 204 valence electrons. The summed E-state index contributed by atoms with van der Waals surface area (Å²) < 4.78 is 31.6. The molecule has 0 bridgehead atoms. The quantitative estimate of drug-likeness (QED) is 0.372. The van der Waals surface area contributed by atoms with Gasteiger partial charge in [0.25, 0.3) is 0 Å². The standard InChI is InChI=1S/C27H38ClN3O5S/c1-6-16-29-27(33)24(7-2)30(19-21-11-14-23(36-4)15-12-21)26(32)9-8-17-31(37(5,34)35)25-18-22(28)13-10-20(25)3/h10-15,18,24H,6-9,16-17,19H2,1-5H3,(H,29,33)/t24-/m0/s1. The maximum atomic E-state index is 13.5. The van der Waals surface area contributed by atoms with Crippen LogP contribution in [0.15, 0.2) is 42.5 Å². The highest BCUT2D eigenvalue weighted by molar-refractivity contribution is 7.92. The summed E-state index contributed by atoms with van der Waals surface area (Å²) in [6.07, 6.45) is 2.74. The molecular formula is C27H38ClN3O5S. The van der Waals surface area contributed by atoms with Crippen molar-refractivity contribution in [2.75, 3.05) is 30.8 Å². The second kappa shape index (κ2) is 14.2. The Morgan fingerprint density at radius 3 is 2.35 bits per heavy atom. The normalized spacial score (nSPS) is 12.1. The fourth-order valence-electron chi connectivity index (χ4n) is 4.05. The summed E-state index contributed by atoms with van der Waals surface area (Å²) in [6, 6.07) is 11.8. The van der Waals surface area contributed by atoms with Crippen LogP contribution in [0.4, 0.5) is 5.69 Å². The molecular weight excluding hydrogens is 514 g/mol. The Labute approximate surface area is 226 Å². The molecule has 0 aromatic heterocycles. The SMILES string of the molecule is CCCNC(=O)[C@H](CC)N(Cc1ccc(OC)cc1)C(=O)CCCN(c1cc(Cl)ccc1C)S(C)(=O)=O. The van der Waals surface area contributed by atoms with Gasteiger partial charge in [-0.1, -0.05) is 43.6 Å². The van der Waals surface area contributed by atoms with Gasteiger partial charge in [-0.05, 0) is 61.6 Å². The lowest BCUT2D eigenvalue weighted by Crippen LogP contribution is -2.49. The van der Waals surface area contributed by atoms with Gasteiger partial charge in [0.1, 0.15) is 11.8 Å². The number of ether oxygens (including phenoxy) is 1. The summed E-state index contributed by atoms with van der Waals surface area (Å²) in [5.41, 5.74) is 2.12. The summed E-state index contributed by atoms with van der Waals surface area (Å²) in [4.78, 5) is 28.0. The molecule has 0 saturated heterocycles. The third-order valence-electron chi connectivity index (χ3n) is 6.04. The first-order valence-electron chi connectivity index (χ1n) is 12.5. The van der Waals surface area contributed by atoms with Gasteiger partial charge in [0.05, 0.1) is 19.1 Å². The molecule has 0 saturated carbocycles. The van der Waals surface area contributed by atoms with Crippen molar-refractivity contribution in [2.45, 2.75) is 59.0 Å². The fraction of sp³-hybridized carbons (Fsp3) is 0.481. The number of methoxy groups -OCH3 is 1. The van der Waals surface area contributed by atoms with Crippen molar-refractivity contribution in [3.63, 3.8) is 0 Å². The van der Waals surface area contributed by atoms with Crippen LogP contribution in [0.3, 0.4) is 0 Å². The second-order valence-corrected chi connectivity index (χ2v) is 11.3. The molecule has 0 aliphatic rings. The Hall–Kier alpha value is -2.78. The maximum absolute atomic E-state index is 13.5. The zero-order valence-corrected chi connectivity index (χ0v) is 23.9. The highest BCUT2D eigenvalue weighted by Crippen LogP contribution is 2.27. The average molecular weight is 552 g/mol. The number of anilines is 1. The molecule has 1 N–H and O–H groups in total. The Morgan fingerprint density at radius 1 is 1.11 bits per heavy atom. The Bertz CT molecular complexity index is 1160. The summed E-state index contributed by atoms with van der Waals surface area (Å²) in [5, 5.41) is 3.33. The molecule has 0 aliphatic carbocycles. The minimum Gasteiger partial charge on any atom is -0.497 e. The molecule has 0 heterocycles. The predicted octanol–water partition coefficient (Wildman–Crippen LogP) is 4.54. The molecule has 2 aromatic carbocycles. The first-order valence-corrected chi connectivity index (χ1v) is 14.7. The van der Waals surface area contributed by atoms with E-state index in [9.17, 15) is 18.0 Å². The number of sulfonamides is 1. The monoisotopic (exact) mass is 551 g/mol. The number of nitrogens with zero attached hydrogens (tertiary/aromatic N) is 2. The van der Waals surface area contributed by atoms with E-state index in [0.717, 1.165) is 23.8 Å². The molecule has 1 atom stereocenters. The molecule has 8 nitrogen and oxygen atoms in total. The minimum absolute atomic E-state index is 0.0827. The van der Waals surface area contributed by atoms with E-state index in [1.807, 2.05) is 45.0 Å². The third kappa shape index (κ3) is 8.93. The van der Waals surface area contributed by atoms with E-state index in [1.165, 1.54) is 4.31 Å². The van der Waals surface area contributed by atoms with Crippen LogP contribution in [-0.2, 0) is 26.2 Å². The Balaban J connectivity index is 2.24. The number of aryl methyl sites for hydroxylation is 1. The highest BCUT2D eigenvalue weighted by atomic mass is 35.5. The Kier molecular flexibility index (Phi) is 11.7. The number of nitrogens with one attached hydrogen (secondary N) is 1. The van der Waals surface area contributed by atoms with Crippen molar-refractivity contribution in [2.24, 2.45) is 0 Å². The van der Waals surface area contributed by atoms with E-state index in [1.54, 1.807) is 30.2 Å². The van der Waals surface area contributed by atoms with Gasteiger partial charge in [-0.15, -0.1) is 0 Å². The van der Waals surface area contributed by atoms with Gasteiger partial charge in [-0.3, -0.25) is 13.9 Å². The van der Waals surface area contributed by atoms with Crippen LogP contribution in [0.1, 0.15) is 50.7 Å². The van der Waals surface area contributed by atoms with Crippen molar-refractivity contribution in [3.05, 3.63) is 58.6 Å². The number of benzene rings is 2. The van der Waals surface area contributed by atoms with E-state index >= 15 is 0 Å². The van der Waals surface area contributed by atoms with Crippen LogP contribution in [-0.4, -0.2) is 57.6 Å². The lowest BCUT2D eigenvalue weighted by Gasteiger charge is -2.31. The topological polar surface area (TPSA) is 96.0 Å². The first-order chi connectivity index (χ1) is 17.5. The van der Waals surface area contributed by atoms with Crippen LogP contribution < -0.4 is 14.4 Å². The summed E-state index contributed by atoms with van der Waals surface area (Å²) in [7, 11) is -2.02.